The molecule has 0 aromatic rings. The first-order chi connectivity index (χ1) is 24.1. The molecule has 0 aliphatic carbocycles. The summed E-state index contributed by atoms with van der Waals surface area (Å²) in [7, 11) is -3.48. The average molecular weight is 731 g/mol. The van der Waals surface area contributed by atoms with Gasteiger partial charge >= 0.3 is 11.9 Å². The zero-order valence-corrected chi connectivity index (χ0v) is 34.4. The maximum atomic E-state index is 13.1. The number of esters is 2. The summed E-state index contributed by atoms with van der Waals surface area (Å²) in [6, 6.07) is 0. The van der Waals surface area contributed by atoms with Gasteiger partial charge in [-0.1, -0.05) is 163 Å². The summed E-state index contributed by atoms with van der Waals surface area (Å²) in [5.41, 5.74) is 0. The molecule has 7 nitrogen and oxygen atoms in total. The second-order valence-corrected chi connectivity index (χ2v) is 16.8. The van der Waals surface area contributed by atoms with Gasteiger partial charge in [0.05, 0.1) is 26.1 Å². The van der Waals surface area contributed by atoms with Gasteiger partial charge in [-0.3, -0.25) is 13.8 Å². The van der Waals surface area contributed by atoms with Crippen LogP contribution in [0.3, 0.4) is 0 Å². The maximum absolute atomic E-state index is 13.1. The number of carbonyl (C=O) groups is 2. The van der Waals surface area contributed by atoms with Crippen molar-refractivity contribution < 1.29 is 31.7 Å². The third-order valence-electron chi connectivity index (χ3n) is 10.0. The van der Waals surface area contributed by atoms with E-state index in [4.69, 9.17) is 13.7 Å². The van der Waals surface area contributed by atoms with Gasteiger partial charge < -0.3 is 9.47 Å². The molecule has 2 unspecified atom stereocenters. The van der Waals surface area contributed by atoms with E-state index in [1.54, 1.807) is 0 Å². The molecule has 0 saturated heterocycles. The SMILES string of the molecule is CCCCCCCCC(CCCCCC)CC(=O)OCC(CCCCOS(C)(=O)=O)COC(=O)CC(CCCCCC)CCCCCCCC. The molecule has 0 spiro atoms. The molecule has 2 atom stereocenters. The van der Waals surface area contributed by atoms with E-state index in [0.717, 1.165) is 44.8 Å². The van der Waals surface area contributed by atoms with Crippen LogP contribution in [0.15, 0.2) is 0 Å². The van der Waals surface area contributed by atoms with E-state index in [1.165, 1.54) is 116 Å². The Bertz CT molecular complexity index is 825. The van der Waals surface area contributed by atoms with E-state index in [-0.39, 0.29) is 37.7 Å². The predicted octanol–water partition coefficient (Wildman–Crippen LogP) is 12.3. The fourth-order valence-corrected chi connectivity index (χ4v) is 7.23. The van der Waals surface area contributed by atoms with E-state index in [1.807, 2.05) is 0 Å². The van der Waals surface area contributed by atoms with Crippen LogP contribution in [0, 0.1) is 17.8 Å². The first kappa shape index (κ1) is 48.9. The lowest BCUT2D eigenvalue weighted by Gasteiger charge is -2.21. The van der Waals surface area contributed by atoms with Crippen LogP contribution >= 0.6 is 0 Å². The average Bonchev–Trinajstić information content (AvgIpc) is 3.07. The predicted molar refractivity (Wildman–Crippen MR) is 210 cm³/mol. The van der Waals surface area contributed by atoms with Crippen molar-refractivity contribution in [3.63, 3.8) is 0 Å². The zero-order chi connectivity index (χ0) is 37.1. The third-order valence-corrected chi connectivity index (χ3v) is 10.6. The Morgan fingerprint density at radius 1 is 0.440 bits per heavy atom. The first-order valence-electron chi connectivity index (χ1n) is 21.3. The summed E-state index contributed by atoms with van der Waals surface area (Å²) in [5, 5.41) is 0. The second-order valence-electron chi connectivity index (χ2n) is 15.2. The molecule has 298 valence electrons. The van der Waals surface area contributed by atoms with Crippen molar-refractivity contribution in [2.24, 2.45) is 17.8 Å². The molecule has 0 aromatic heterocycles. The molecule has 50 heavy (non-hydrogen) atoms. The van der Waals surface area contributed by atoms with Gasteiger partial charge in [0, 0.05) is 18.8 Å². The highest BCUT2D eigenvalue weighted by Crippen LogP contribution is 2.25. The number of hydrogen-bond acceptors (Lipinski definition) is 7. The largest absolute Gasteiger partial charge is 0.465 e. The summed E-state index contributed by atoms with van der Waals surface area (Å²) < 4.78 is 39.4. The molecule has 8 heteroatoms. The summed E-state index contributed by atoms with van der Waals surface area (Å²) in [6.45, 7) is 9.49. The molecular weight excluding hydrogens is 649 g/mol. The molecule has 0 aliphatic rings. The maximum Gasteiger partial charge on any atom is 0.306 e. The number of rotatable bonds is 38. The minimum Gasteiger partial charge on any atom is -0.465 e. The van der Waals surface area contributed by atoms with Crippen molar-refractivity contribution in [2.75, 3.05) is 26.1 Å². The molecule has 0 bridgehead atoms. The van der Waals surface area contributed by atoms with Crippen LogP contribution in [0.2, 0.25) is 0 Å². The number of ether oxygens (including phenoxy) is 2. The highest BCUT2D eigenvalue weighted by atomic mass is 32.2. The van der Waals surface area contributed by atoms with Crippen molar-refractivity contribution in [2.45, 2.75) is 214 Å². The van der Waals surface area contributed by atoms with Crippen LogP contribution in [0.1, 0.15) is 214 Å². The van der Waals surface area contributed by atoms with Crippen LogP contribution in [0.5, 0.6) is 0 Å². The lowest BCUT2D eigenvalue weighted by molar-refractivity contribution is -0.150. The normalized spacial score (nSPS) is 13.6. The number of hydrogen-bond donors (Lipinski definition) is 0. The lowest BCUT2D eigenvalue weighted by atomic mass is 9.91. The monoisotopic (exact) mass is 731 g/mol. The van der Waals surface area contributed by atoms with Gasteiger partial charge in [0.1, 0.15) is 0 Å². The van der Waals surface area contributed by atoms with Gasteiger partial charge in [-0.2, -0.15) is 8.42 Å². The minimum absolute atomic E-state index is 0.121. The van der Waals surface area contributed by atoms with Gasteiger partial charge in [0.25, 0.3) is 10.1 Å². The Morgan fingerprint density at radius 3 is 1.10 bits per heavy atom. The Hall–Kier alpha value is -1.15. The molecule has 0 radical (unpaired) electrons. The van der Waals surface area contributed by atoms with Gasteiger partial charge in [-0.15, -0.1) is 0 Å². The van der Waals surface area contributed by atoms with Gasteiger partial charge in [-0.25, -0.2) is 0 Å². The number of unbranched alkanes of at least 4 members (excludes halogenated alkanes) is 17. The van der Waals surface area contributed by atoms with E-state index in [0.29, 0.717) is 43.9 Å². The zero-order valence-electron chi connectivity index (χ0n) is 33.6. The third kappa shape index (κ3) is 34.0. The van der Waals surface area contributed by atoms with E-state index < -0.39 is 10.1 Å². The number of carbonyl (C=O) groups excluding carboxylic acids is 2. The lowest BCUT2D eigenvalue weighted by Crippen LogP contribution is -2.23. The van der Waals surface area contributed by atoms with Crippen LogP contribution in [-0.4, -0.2) is 46.4 Å². The molecule has 0 amide bonds. The summed E-state index contributed by atoms with van der Waals surface area (Å²) in [4.78, 5) is 26.2. The Kier molecular flexibility index (Phi) is 34.1. The summed E-state index contributed by atoms with van der Waals surface area (Å²) >= 11 is 0. The van der Waals surface area contributed by atoms with Crippen LogP contribution < -0.4 is 0 Å². The highest BCUT2D eigenvalue weighted by Gasteiger charge is 2.20. The molecular formula is C42H82O7S. The molecule has 0 saturated carbocycles. The van der Waals surface area contributed by atoms with Gasteiger partial charge in [0.15, 0.2) is 0 Å². The van der Waals surface area contributed by atoms with Crippen molar-refractivity contribution in [1.82, 2.24) is 0 Å². The second kappa shape index (κ2) is 34.9. The quantitative estimate of drug-likeness (QED) is 0.0354. The fraction of sp³-hybridized carbons (Fsp3) is 0.952. The van der Waals surface area contributed by atoms with E-state index in [2.05, 4.69) is 27.7 Å². The van der Waals surface area contributed by atoms with Crippen molar-refractivity contribution in [3.05, 3.63) is 0 Å². The standard InChI is InChI=1S/C42H82O7S/c1-6-10-14-18-20-24-30-38(28-22-16-12-8-3)34-41(43)47-36-40(32-26-27-33-49-50(5,45)46)37-48-42(44)35-39(29-23-17-13-9-4)31-25-21-19-15-11-7-2/h38-40H,6-37H2,1-5H3. The van der Waals surface area contributed by atoms with Crippen molar-refractivity contribution in [1.29, 1.82) is 0 Å². The topological polar surface area (TPSA) is 96.0 Å². The highest BCUT2D eigenvalue weighted by molar-refractivity contribution is 7.85. The molecule has 0 fully saturated rings. The van der Waals surface area contributed by atoms with E-state index in [9.17, 15) is 18.0 Å². The van der Waals surface area contributed by atoms with Gasteiger partial charge in [-0.05, 0) is 50.4 Å². The fourth-order valence-electron chi connectivity index (χ4n) is 6.81. The molecule has 0 aromatic carbocycles. The molecule has 0 aliphatic heterocycles. The van der Waals surface area contributed by atoms with Crippen molar-refractivity contribution >= 4 is 22.1 Å². The first-order valence-corrected chi connectivity index (χ1v) is 23.1. The molecule has 0 heterocycles. The van der Waals surface area contributed by atoms with E-state index >= 15 is 0 Å². The van der Waals surface area contributed by atoms with Crippen LogP contribution in [0.4, 0.5) is 0 Å². The summed E-state index contributed by atoms with van der Waals surface area (Å²) in [5.74, 6) is 0.287. The van der Waals surface area contributed by atoms with Crippen LogP contribution in [-0.2, 0) is 33.4 Å². The summed E-state index contributed by atoms with van der Waals surface area (Å²) in [6.07, 6.45) is 32.9. The van der Waals surface area contributed by atoms with Crippen molar-refractivity contribution in [3.8, 4) is 0 Å². The molecule has 0 rings (SSSR count). The Morgan fingerprint density at radius 2 is 0.740 bits per heavy atom. The molecule has 0 N–H and O–H groups in total. The minimum atomic E-state index is -3.48. The smallest absolute Gasteiger partial charge is 0.306 e. The Balaban J connectivity index is 5.13. The van der Waals surface area contributed by atoms with Gasteiger partial charge in [0.2, 0.25) is 0 Å². The van der Waals surface area contributed by atoms with Crippen LogP contribution in [0.25, 0.3) is 0 Å². The Labute approximate surface area is 310 Å².